The summed E-state index contributed by atoms with van der Waals surface area (Å²) in [5.74, 6) is 0.919. The van der Waals surface area contributed by atoms with E-state index in [2.05, 4.69) is 33.0 Å². The number of fused-ring (bicyclic) bond motifs is 1. The summed E-state index contributed by atoms with van der Waals surface area (Å²) in [7, 11) is 1.71. The van der Waals surface area contributed by atoms with Crippen LogP contribution >= 0.6 is 0 Å². The first kappa shape index (κ1) is 17.5. The second-order valence-corrected chi connectivity index (χ2v) is 7.26. The number of benzene rings is 1. The van der Waals surface area contributed by atoms with E-state index in [0.29, 0.717) is 18.8 Å². The predicted octanol–water partition coefficient (Wildman–Crippen LogP) is 2.57. The molecule has 5 nitrogen and oxygen atoms in total. The van der Waals surface area contributed by atoms with E-state index in [1.54, 1.807) is 13.3 Å². The van der Waals surface area contributed by atoms with Crippen molar-refractivity contribution in [3.05, 3.63) is 59.9 Å². The van der Waals surface area contributed by atoms with Crippen LogP contribution in [-0.2, 0) is 17.9 Å². The van der Waals surface area contributed by atoms with Gasteiger partial charge in [0, 0.05) is 51.2 Å². The Morgan fingerprint density at radius 2 is 1.96 bits per heavy atom. The summed E-state index contributed by atoms with van der Waals surface area (Å²) in [5.41, 5.74) is 2.50. The lowest BCUT2D eigenvalue weighted by molar-refractivity contribution is 0.0457. The van der Waals surface area contributed by atoms with Crippen molar-refractivity contribution in [1.29, 1.82) is 0 Å². The van der Waals surface area contributed by atoms with Gasteiger partial charge in [-0.1, -0.05) is 18.2 Å². The van der Waals surface area contributed by atoms with Crippen molar-refractivity contribution in [2.24, 2.45) is 0 Å². The monoisotopic (exact) mass is 353 g/mol. The molecule has 2 aliphatic rings. The van der Waals surface area contributed by atoms with Gasteiger partial charge < -0.3 is 9.47 Å². The van der Waals surface area contributed by atoms with E-state index in [1.807, 2.05) is 24.4 Å². The Morgan fingerprint density at radius 3 is 2.73 bits per heavy atom. The number of hydrogen-bond acceptors (Lipinski definition) is 5. The van der Waals surface area contributed by atoms with E-state index < -0.39 is 0 Å². The molecule has 1 aromatic heterocycles. The van der Waals surface area contributed by atoms with Gasteiger partial charge in [-0.25, -0.2) is 0 Å². The van der Waals surface area contributed by atoms with Gasteiger partial charge in [0.25, 0.3) is 0 Å². The number of nitrogens with zero attached hydrogens (tertiary/aromatic N) is 3. The van der Waals surface area contributed by atoms with Gasteiger partial charge in [-0.2, -0.15) is 0 Å². The van der Waals surface area contributed by atoms with Crippen LogP contribution in [0.2, 0.25) is 0 Å². The average Bonchev–Trinajstić information content (AvgIpc) is 3.10. The highest BCUT2D eigenvalue weighted by atomic mass is 16.5. The van der Waals surface area contributed by atoms with Crippen LogP contribution in [0.25, 0.3) is 0 Å². The van der Waals surface area contributed by atoms with Gasteiger partial charge >= 0.3 is 0 Å². The quantitative estimate of drug-likeness (QED) is 0.798. The molecular formula is C21H27N3O2. The molecule has 0 N–H and O–H groups in total. The number of aromatic nitrogens is 1. The third kappa shape index (κ3) is 4.23. The maximum atomic E-state index is 6.15. The van der Waals surface area contributed by atoms with Crippen molar-refractivity contribution < 1.29 is 9.47 Å². The normalized spacial score (nSPS) is 23.7. The van der Waals surface area contributed by atoms with Gasteiger partial charge in [0.1, 0.15) is 5.75 Å². The number of piperazine rings is 1. The molecule has 0 aliphatic carbocycles. The van der Waals surface area contributed by atoms with Gasteiger partial charge in [0.05, 0.1) is 19.8 Å². The lowest BCUT2D eigenvalue weighted by Gasteiger charge is -2.37. The van der Waals surface area contributed by atoms with Crippen LogP contribution in [0.1, 0.15) is 17.5 Å². The molecule has 0 spiro atoms. The van der Waals surface area contributed by atoms with Gasteiger partial charge in [0.2, 0.25) is 0 Å². The third-order valence-corrected chi connectivity index (χ3v) is 5.44. The fourth-order valence-corrected chi connectivity index (χ4v) is 4.01. The Bertz CT molecular complexity index is 692. The van der Waals surface area contributed by atoms with E-state index in [-0.39, 0.29) is 0 Å². The summed E-state index contributed by atoms with van der Waals surface area (Å²) in [6.07, 6.45) is 5.15. The van der Waals surface area contributed by atoms with E-state index in [0.717, 1.165) is 50.5 Å². The molecular weight excluding hydrogens is 326 g/mol. The molecule has 2 atom stereocenters. The van der Waals surface area contributed by atoms with Crippen LogP contribution in [0.5, 0.6) is 5.75 Å². The molecule has 138 valence electrons. The fourth-order valence-electron chi connectivity index (χ4n) is 4.01. The first-order valence-electron chi connectivity index (χ1n) is 9.40. The standard InChI is InChI=1S/C21H27N3O2/c1-25-20-6-4-17(5-7-20)13-23-9-10-24-15-21(11-19(24)14-23)26-16-18-3-2-8-22-12-18/h2-8,12,19,21H,9-11,13-16H2,1H3/t19-,21+/m1/s1. The molecule has 0 unspecified atom stereocenters. The average molecular weight is 353 g/mol. The fraction of sp³-hybridized carbons (Fsp3) is 0.476. The summed E-state index contributed by atoms with van der Waals surface area (Å²) >= 11 is 0. The Hall–Kier alpha value is -1.95. The molecule has 0 bridgehead atoms. The lowest BCUT2D eigenvalue weighted by Crippen LogP contribution is -2.49. The summed E-state index contributed by atoms with van der Waals surface area (Å²) in [6, 6.07) is 13.1. The van der Waals surface area contributed by atoms with Crippen molar-refractivity contribution in [3.8, 4) is 5.75 Å². The molecule has 0 amide bonds. The van der Waals surface area contributed by atoms with E-state index in [4.69, 9.17) is 9.47 Å². The molecule has 0 radical (unpaired) electrons. The van der Waals surface area contributed by atoms with Crippen LogP contribution < -0.4 is 4.74 Å². The number of pyridine rings is 1. The highest BCUT2D eigenvalue weighted by Crippen LogP contribution is 2.26. The van der Waals surface area contributed by atoms with Crippen molar-refractivity contribution >= 4 is 0 Å². The minimum atomic E-state index is 0.334. The highest BCUT2D eigenvalue weighted by molar-refractivity contribution is 5.27. The van der Waals surface area contributed by atoms with Crippen LogP contribution in [0.3, 0.4) is 0 Å². The van der Waals surface area contributed by atoms with Crippen LogP contribution in [0.4, 0.5) is 0 Å². The zero-order chi connectivity index (χ0) is 17.8. The predicted molar refractivity (Wildman–Crippen MR) is 101 cm³/mol. The Labute approximate surface area is 155 Å². The Balaban J connectivity index is 1.27. The second kappa shape index (κ2) is 8.16. The zero-order valence-electron chi connectivity index (χ0n) is 15.4. The first-order valence-corrected chi connectivity index (χ1v) is 9.40. The molecule has 2 saturated heterocycles. The molecule has 2 aliphatic heterocycles. The van der Waals surface area contributed by atoms with Crippen molar-refractivity contribution in [1.82, 2.24) is 14.8 Å². The van der Waals surface area contributed by atoms with E-state index >= 15 is 0 Å². The van der Waals surface area contributed by atoms with Gasteiger partial charge in [-0.05, 0) is 35.7 Å². The molecule has 3 heterocycles. The molecule has 1 aromatic carbocycles. The first-order chi connectivity index (χ1) is 12.8. The van der Waals surface area contributed by atoms with Gasteiger partial charge in [-0.15, -0.1) is 0 Å². The minimum absolute atomic E-state index is 0.334. The van der Waals surface area contributed by atoms with E-state index in [9.17, 15) is 0 Å². The van der Waals surface area contributed by atoms with Crippen molar-refractivity contribution in [3.63, 3.8) is 0 Å². The highest BCUT2D eigenvalue weighted by Gasteiger charge is 2.36. The Morgan fingerprint density at radius 1 is 1.08 bits per heavy atom. The number of rotatable bonds is 6. The van der Waals surface area contributed by atoms with Gasteiger partial charge in [-0.3, -0.25) is 14.8 Å². The molecule has 2 aromatic rings. The minimum Gasteiger partial charge on any atom is -0.497 e. The molecule has 4 rings (SSSR count). The molecule has 26 heavy (non-hydrogen) atoms. The zero-order valence-corrected chi connectivity index (χ0v) is 15.4. The molecule has 0 saturated carbocycles. The smallest absolute Gasteiger partial charge is 0.118 e. The maximum absolute atomic E-state index is 6.15. The number of hydrogen-bond donors (Lipinski definition) is 0. The van der Waals surface area contributed by atoms with E-state index in [1.165, 1.54) is 5.56 Å². The lowest BCUT2D eigenvalue weighted by atomic mass is 10.1. The summed E-state index contributed by atoms with van der Waals surface area (Å²) in [5, 5.41) is 0. The largest absolute Gasteiger partial charge is 0.497 e. The summed E-state index contributed by atoms with van der Waals surface area (Å²) in [6.45, 7) is 6.11. The summed E-state index contributed by atoms with van der Waals surface area (Å²) in [4.78, 5) is 9.32. The van der Waals surface area contributed by atoms with Gasteiger partial charge in [0.15, 0.2) is 0 Å². The molecule has 2 fully saturated rings. The second-order valence-electron chi connectivity index (χ2n) is 7.26. The third-order valence-electron chi connectivity index (χ3n) is 5.44. The van der Waals surface area contributed by atoms with Crippen LogP contribution in [0.15, 0.2) is 48.8 Å². The number of ether oxygens (including phenoxy) is 2. The molecule has 5 heteroatoms. The Kier molecular flexibility index (Phi) is 5.48. The SMILES string of the molecule is COc1ccc(CN2CCN3C[C@@H](OCc4cccnc4)C[C@@H]3C2)cc1. The van der Waals surface area contributed by atoms with Crippen molar-refractivity contribution in [2.45, 2.75) is 31.7 Å². The maximum Gasteiger partial charge on any atom is 0.118 e. The van der Waals surface area contributed by atoms with Crippen LogP contribution in [-0.4, -0.2) is 60.2 Å². The number of methoxy groups -OCH3 is 1. The summed E-state index contributed by atoms with van der Waals surface area (Å²) < 4.78 is 11.4. The van der Waals surface area contributed by atoms with Crippen LogP contribution in [0, 0.1) is 0 Å². The van der Waals surface area contributed by atoms with Crippen molar-refractivity contribution in [2.75, 3.05) is 33.3 Å². The topological polar surface area (TPSA) is 37.8 Å².